The summed E-state index contributed by atoms with van der Waals surface area (Å²) in [6.07, 6.45) is 0.227. The van der Waals surface area contributed by atoms with Crippen molar-refractivity contribution in [2.24, 2.45) is 0 Å². The largest absolute Gasteiger partial charge is 0.325 e. The van der Waals surface area contributed by atoms with Gasteiger partial charge in [-0.25, -0.2) is 4.79 Å². The number of hydrogen-bond acceptors (Lipinski definition) is 3. The third kappa shape index (κ3) is 3.07. The van der Waals surface area contributed by atoms with Gasteiger partial charge < -0.3 is 10.2 Å². The Balaban J connectivity index is 1.88. The Morgan fingerprint density at radius 2 is 2.00 bits per heavy atom. The molecule has 1 fully saturated rings. The second-order valence-electron chi connectivity index (χ2n) is 3.94. The lowest BCUT2D eigenvalue weighted by Gasteiger charge is -2.25. The summed E-state index contributed by atoms with van der Waals surface area (Å²) in [4.78, 5) is 35.3. The number of nitrogens with zero attached hydrogens (tertiary/aromatic N) is 1. The van der Waals surface area contributed by atoms with Crippen LogP contribution in [0.1, 0.15) is 6.42 Å². The molecule has 0 unspecified atom stereocenters. The Bertz CT molecular complexity index is 473. The molecule has 6 nitrogen and oxygen atoms in total. The fourth-order valence-corrected chi connectivity index (χ4v) is 1.65. The van der Waals surface area contributed by atoms with Gasteiger partial charge in [0.05, 0.1) is 0 Å². The summed E-state index contributed by atoms with van der Waals surface area (Å²) < 4.78 is 0. The summed E-state index contributed by atoms with van der Waals surface area (Å²) >= 11 is 0. The van der Waals surface area contributed by atoms with Crippen LogP contribution in [0.15, 0.2) is 30.3 Å². The van der Waals surface area contributed by atoms with E-state index in [1.54, 1.807) is 12.1 Å². The molecule has 1 aromatic rings. The Labute approximate surface area is 104 Å². The molecule has 0 spiro atoms. The van der Waals surface area contributed by atoms with Crippen molar-refractivity contribution in [2.75, 3.05) is 18.4 Å². The van der Waals surface area contributed by atoms with Gasteiger partial charge in [0.25, 0.3) is 0 Å². The molecule has 18 heavy (non-hydrogen) atoms. The highest BCUT2D eigenvalue weighted by molar-refractivity contribution is 6.00. The molecule has 1 heterocycles. The minimum absolute atomic E-state index is 0.0615. The maximum atomic E-state index is 11.7. The molecule has 1 aromatic carbocycles. The van der Waals surface area contributed by atoms with Crippen LogP contribution in [0.5, 0.6) is 0 Å². The van der Waals surface area contributed by atoms with E-state index in [0.717, 1.165) is 0 Å². The van der Waals surface area contributed by atoms with Crippen molar-refractivity contribution in [2.45, 2.75) is 6.42 Å². The van der Waals surface area contributed by atoms with E-state index in [-0.39, 0.29) is 31.3 Å². The number of carbonyl (C=O) groups is 3. The minimum Gasteiger partial charge on any atom is -0.325 e. The number of nitrogens with one attached hydrogen (secondary N) is 2. The SMILES string of the molecule is O=C1CCN(CC(=O)Nc2ccccc2)C(=O)N1. The number of imide groups is 1. The number of rotatable bonds is 3. The van der Waals surface area contributed by atoms with Gasteiger partial charge in [-0.1, -0.05) is 18.2 Å². The standard InChI is InChI=1S/C12H13N3O3/c16-10-6-7-15(12(18)14-10)8-11(17)13-9-4-2-1-3-5-9/h1-5H,6-8H2,(H,13,17)(H,14,16,18). The van der Waals surface area contributed by atoms with E-state index >= 15 is 0 Å². The highest BCUT2D eigenvalue weighted by atomic mass is 16.2. The van der Waals surface area contributed by atoms with E-state index in [1.807, 2.05) is 18.2 Å². The number of carbonyl (C=O) groups excluding carboxylic acids is 3. The van der Waals surface area contributed by atoms with Gasteiger partial charge >= 0.3 is 6.03 Å². The second-order valence-corrected chi connectivity index (χ2v) is 3.94. The molecular formula is C12H13N3O3. The van der Waals surface area contributed by atoms with Gasteiger partial charge in [-0.05, 0) is 12.1 Å². The van der Waals surface area contributed by atoms with Gasteiger partial charge in [0.1, 0.15) is 6.54 Å². The van der Waals surface area contributed by atoms with E-state index in [0.29, 0.717) is 5.69 Å². The normalized spacial score (nSPS) is 15.2. The molecule has 1 saturated heterocycles. The molecular weight excluding hydrogens is 234 g/mol. The first kappa shape index (κ1) is 12.1. The van der Waals surface area contributed by atoms with Crippen molar-refractivity contribution in [3.63, 3.8) is 0 Å². The predicted octanol–water partition coefficient (Wildman–Crippen LogP) is 0.567. The number of amides is 4. The summed E-state index contributed by atoms with van der Waals surface area (Å²) in [6.45, 7) is 0.209. The van der Waals surface area contributed by atoms with Crippen LogP contribution in [0, 0.1) is 0 Å². The van der Waals surface area contributed by atoms with Crippen LogP contribution in [0.2, 0.25) is 0 Å². The predicted molar refractivity (Wildman–Crippen MR) is 64.8 cm³/mol. The van der Waals surface area contributed by atoms with Gasteiger partial charge in [-0.3, -0.25) is 14.9 Å². The van der Waals surface area contributed by atoms with Gasteiger partial charge in [0.15, 0.2) is 0 Å². The smallest absolute Gasteiger partial charge is 0.324 e. The molecule has 0 aromatic heterocycles. The first-order valence-electron chi connectivity index (χ1n) is 5.59. The van der Waals surface area contributed by atoms with Crippen molar-refractivity contribution in [3.05, 3.63) is 30.3 Å². The lowest BCUT2D eigenvalue weighted by Crippen LogP contribution is -2.51. The fraction of sp³-hybridized carbons (Fsp3) is 0.250. The van der Waals surface area contributed by atoms with Crippen LogP contribution in [-0.2, 0) is 9.59 Å². The van der Waals surface area contributed by atoms with Gasteiger partial charge in [0.2, 0.25) is 11.8 Å². The summed E-state index contributed by atoms with van der Waals surface area (Å²) in [5.41, 5.74) is 0.677. The van der Waals surface area contributed by atoms with Crippen LogP contribution >= 0.6 is 0 Å². The van der Waals surface area contributed by atoms with Crippen LogP contribution in [0.4, 0.5) is 10.5 Å². The van der Waals surface area contributed by atoms with Crippen molar-refractivity contribution in [1.29, 1.82) is 0 Å². The third-order valence-corrected chi connectivity index (χ3v) is 2.53. The molecule has 0 bridgehead atoms. The fourth-order valence-electron chi connectivity index (χ4n) is 1.65. The maximum Gasteiger partial charge on any atom is 0.324 e. The Morgan fingerprint density at radius 3 is 2.67 bits per heavy atom. The molecule has 2 rings (SSSR count). The second kappa shape index (κ2) is 5.31. The molecule has 4 amide bonds. The highest BCUT2D eigenvalue weighted by Crippen LogP contribution is 2.06. The molecule has 0 radical (unpaired) electrons. The van der Waals surface area contributed by atoms with E-state index in [2.05, 4.69) is 10.6 Å². The molecule has 1 aliphatic rings. The van der Waals surface area contributed by atoms with Crippen molar-refractivity contribution in [3.8, 4) is 0 Å². The molecule has 0 saturated carbocycles. The first-order chi connectivity index (χ1) is 8.65. The highest BCUT2D eigenvalue weighted by Gasteiger charge is 2.24. The van der Waals surface area contributed by atoms with Crippen molar-refractivity contribution >= 4 is 23.5 Å². The Hall–Kier alpha value is -2.37. The quantitative estimate of drug-likeness (QED) is 0.819. The van der Waals surface area contributed by atoms with Crippen molar-refractivity contribution < 1.29 is 14.4 Å². The monoisotopic (exact) mass is 247 g/mol. The molecule has 2 N–H and O–H groups in total. The molecule has 0 aliphatic carbocycles. The number of para-hydroxylation sites is 1. The van der Waals surface area contributed by atoms with E-state index in [4.69, 9.17) is 0 Å². The molecule has 6 heteroatoms. The number of hydrogen-bond donors (Lipinski definition) is 2. The minimum atomic E-state index is -0.519. The maximum absolute atomic E-state index is 11.7. The summed E-state index contributed by atoms with van der Waals surface area (Å²) in [5.74, 6) is -0.592. The van der Waals surface area contributed by atoms with Gasteiger partial charge in [0, 0.05) is 18.7 Å². The van der Waals surface area contributed by atoms with E-state index in [9.17, 15) is 14.4 Å². The lowest BCUT2D eigenvalue weighted by molar-refractivity contribution is -0.123. The molecule has 94 valence electrons. The number of benzene rings is 1. The Kier molecular flexibility index (Phi) is 3.57. The first-order valence-corrected chi connectivity index (χ1v) is 5.59. The van der Waals surface area contributed by atoms with Crippen LogP contribution < -0.4 is 10.6 Å². The van der Waals surface area contributed by atoms with Crippen molar-refractivity contribution in [1.82, 2.24) is 10.2 Å². The Morgan fingerprint density at radius 1 is 1.28 bits per heavy atom. The average molecular weight is 247 g/mol. The zero-order chi connectivity index (χ0) is 13.0. The summed E-state index contributed by atoms with van der Waals surface area (Å²) in [7, 11) is 0. The lowest BCUT2D eigenvalue weighted by atomic mass is 10.3. The summed E-state index contributed by atoms with van der Waals surface area (Å²) in [5, 5.41) is 4.84. The van der Waals surface area contributed by atoms with Gasteiger partial charge in [-0.2, -0.15) is 0 Å². The molecule has 0 atom stereocenters. The topological polar surface area (TPSA) is 78.5 Å². The number of urea groups is 1. The zero-order valence-corrected chi connectivity index (χ0v) is 9.68. The van der Waals surface area contributed by atoms with E-state index in [1.165, 1.54) is 4.90 Å². The van der Waals surface area contributed by atoms with Crippen LogP contribution in [-0.4, -0.2) is 35.8 Å². The van der Waals surface area contributed by atoms with Crippen LogP contribution in [0.3, 0.4) is 0 Å². The summed E-state index contributed by atoms with van der Waals surface area (Å²) in [6, 6.07) is 8.47. The van der Waals surface area contributed by atoms with E-state index < -0.39 is 6.03 Å². The van der Waals surface area contributed by atoms with Gasteiger partial charge in [-0.15, -0.1) is 0 Å². The van der Waals surface area contributed by atoms with Crippen LogP contribution in [0.25, 0.3) is 0 Å². The zero-order valence-electron chi connectivity index (χ0n) is 9.68. The third-order valence-electron chi connectivity index (χ3n) is 2.53. The molecule has 1 aliphatic heterocycles. The number of anilines is 1. The average Bonchev–Trinajstić information content (AvgIpc) is 2.34.